The fraction of sp³-hybridized carbons (Fsp3) is 0.286. The predicted octanol–water partition coefficient (Wildman–Crippen LogP) is 3.19. The Hall–Kier alpha value is -2.91. The molecule has 1 fully saturated rings. The highest BCUT2D eigenvalue weighted by atomic mass is 32.2. The Morgan fingerprint density at radius 1 is 1.10 bits per heavy atom. The molecule has 1 amide bonds. The maximum atomic E-state index is 13.1. The number of nitrogens with zero attached hydrogens (tertiary/aromatic N) is 4. The molecule has 1 aliphatic heterocycles. The van der Waals surface area contributed by atoms with Gasteiger partial charge in [-0.15, -0.1) is 10.2 Å². The molecule has 0 radical (unpaired) electrons. The van der Waals surface area contributed by atoms with Gasteiger partial charge in [0.15, 0.2) is 11.0 Å². The highest BCUT2D eigenvalue weighted by Crippen LogP contribution is 2.23. The van der Waals surface area contributed by atoms with E-state index < -0.39 is 0 Å². The Bertz CT molecular complexity index is 1000. The summed E-state index contributed by atoms with van der Waals surface area (Å²) in [6, 6.07) is 13.9. The maximum absolute atomic E-state index is 13.1. The van der Waals surface area contributed by atoms with Crippen LogP contribution in [-0.2, 0) is 16.6 Å². The van der Waals surface area contributed by atoms with E-state index >= 15 is 0 Å². The lowest BCUT2D eigenvalue weighted by molar-refractivity contribution is -0.113. The van der Waals surface area contributed by atoms with Crippen LogP contribution in [0.3, 0.4) is 0 Å². The minimum Gasteiger partial charge on any atom is -0.378 e. The summed E-state index contributed by atoms with van der Waals surface area (Å²) in [5, 5.41) is 11.8. The molecule has 156 valence electrons. The summed E-state index contributed by atoms with van der Waals surface area (Å²) in [6.45, 7) is 3.22. The minimum absolute atomic E-state index is 0.120. The number of anilines is 2. The minimum atomic E-state index is -0.301. The zero-order chi connectivity index (χ0) is 20.9. The van der Waals surface area contributed by atoms with Crippen LogP contribution in [0.1, 0.15) is 0 Å². The Labute approximate surface area is 178 Å². The van der Waals surface area contributed by atoms with Crippen molar-refractivity contribution >= 4 is 29.0 Å². The summed E-state index contributed by atoms with van der Waals surface area (Å²) in [5.74, 6) is 0.410. The zero-order valence-corrected chi connectivity index (χ0v) is 17.4. The quantitative estimate of drug-likeness (QED) is 0.609. The second-order valence-electron chi connectivity index (χ2n) is 6.86. The lowest BCUT2D eigenvalue weighted by Crippen LogP contribution is -2.36. The van der Waals surface area contributed by atoms with Gasteiger partial charge in [-0.05, 0) is 48.5 Å². The topological polar surface area (TPSA) is 72.3 Å². The number of morpholine rings is 1. The van der Waals surface area contributed by atoms with Gasteiger partial charge in [0, 0.05) is 37.1 Å². The van der Waals surface area contributed by atoms with E-state index in [1.165, 1.54) is 23.9 Å². The monoisotopic (exact) mass is 427 g/mol. The molecule has 1 N–H and O–H groups in total. The van der Waals surface area contributed by atoms with Gasteiger partial charge in [0.2, 0.25) is 5.91 Å². The third-order valence-electron chi connectivity index (χ3n) is 4.80. The van der Waals surface area contributed by atoms with Gasteiger partial charge in [-0.25, -0.2) is 4.39 Å². The van der Waals surface area contributed by atoms with Crippen molar-refractivity contribution in [2.45, 2.75) is 5.16 Å². The molecule has 0 saturated carbocycles. The van der Waals surface area contributed by atoms with Crippen molar-refractivity contribution in [2.24, 2.45) is 7.05 Å². The number of thioether (sulfide) groups is 1. The van der Waals surface area contributed by atoms with Gasteiger partial charge in [-0.3, -0.25) is 4.79 Å². The Kier molecular flexibility index (Phi) is 6.29. The van der Waals surface area contributed by atoms with Crippen molar-refractivity contribution in [1.82, 2.24) is 14.8 Å². The summed E-state index contributed by atoms with van der Waals surface area (Å²) < 4.78 is 20.3. The van der Waals surface area contributed by atoms with Crippen molar-refractivity contribution in [1.29, 1.82) is 0 Å². The number of hydrogen-bond donors (Lipinski definition) is 1. The fourth-order valence-corrected chi connectivity index (χ4v) is 3.91. The van der Waals surface area contributed by atoms with E-state index in [-0.39, 0.29) is 17.5 Å². The first-order valence-corrected chi connectivity index (χ1v) is 10.6. The van der Waals surface area contributed by atoms with Crippen LogP contribution in [0.4, 0.5) is 15.8 Å². The van der Waals surface area contributed by atoms with Crippen LogP contribution in [-0.4, -0.2) is 52.7 Å². The average molecular weight is 428 g/mol. The largest absolute Gasteiger partial charge is 0.378 e. The van der Waals surface area contributed by atoms with Crippen LogP contribution < -0.4 is 10.2 Å². The molecule has 0 aliphatic carbocycles. The molecule has 0 bridgehead atoms. The zero-order valence-electron chi connectivity index (χ0n) is 16.5. The number of nitrogens with one attached hydrogen (secondary N) is 1. The van der Waals surface area contributed by atoms with Crippen molar-refractivity contribution in [3.63, 3.8) is 0 Å². The number of hydrogen-bond acceptors (Lipinski definition) is 6. The summed E-state index contributed by atoms with van der Waals surface area (Å²) >= 11 is 1.30. The number of carbonyl (C=O) groups is 1. The van der Waals surface area contributed by atoms with Crippen molar-refractivity contribution < 1.29 is 13.9 Å². The van der Waals surface area contributed by atoms with Gasteiger partial charge in [-0.2, -0.15) is 0 Å². The SMILES string of the molecule is Cn1c(SCC(=O)Nc2ccc(N3CCOCC3)cc2)nnc1-c1ccc(F)cc1. The third kappa shape index (κ3) is 4.80. The van der Waals surface area contributed by atoms with E-state index in [0.29, 0.717) is 11.0 Å². The molecular weight excluding hydrogens is 405 g/mol. The Morgan fingerprint density at radius 3 is 2.50 bits per heavy atom. The van der Waals surface area contributed by atoms with Crippen molar-refractivity contribution in [3.05, 3.63) is 54.3 Å². The highest BCUT2D eigenvalue weighted by Gasteiger charge is 2.14. The molecule has 0 unspecified atom stereocenters. The van der Waals surface area contributed by atoms with Gasteiger partial charge in [0.05, 0.1) is 19.0 Å². The Morgan fingerprint density at radius 2 is 1.80 bits per heavy atom. The molecule has 9 heteroatoms. The van der Waals surface area contributed by atoms with E-state index in [9.17, 15) is 9.18 Å². The van der Waals surface area contributed by atoms with Crippen LogP contribution in [0.15, 0.2) is 53.7 Å². The number of aromatic nitrogens is 3. The van der Waals surface area contributed by atoms with E-state index in [4.69, 9.17) is 4.74 Å². The van der Waals surface area contributed by atoms with Crippen LogP contribution >= 0.6 is 11.8 Å². The summed E-state index contributed by atoms with van der Waals surface area (Å²) in [5.41, 5.74) is 2.64. The van der Waals surface area contributed by atoms with Gasteiger partial charge in [0.25, 0.3) is 0 Å². The van der Waals surface area contributed by atoms with Crippen LogP contribution in [0, 0.1) is 5.82 Å². The van der Waals surface area contributed by atoms with Crippen LogP contribution in [0.5, 0.6) is 0 Å². The standard InChI is InChI=1S/C21H22FN5O2S/c1-26-20(15-2-4-16(22)5-3-15)24-25-21(26)30-14-19(28)23-17-6-8-18(9-7-17)27-10-12-29-13-11-27/h2-9H,10-14H2,1H3,(H,23,28). The highest BCUT2D eigenvalue weighted by molar-refractivity contribution is 7.99. The van der Waals surface area contributed by atoms with Crippen LogP contribution in [0.25, 0.3) is 11.4 Å². The number of benzene rings is 2. The second-order valence-corrected chi connectivity index (χ2v) is 7.80. The average Bonchev–Trinajstić information content (AvgIpc) is 3.14. The summed E-state index contributed by atoms with van der Waals surface area (Å²) in [4.78, 5) is 14.6. The van der Waals surface area contributed by atoms with E-state index in [2.05, 4.69) is 20.4 Å². The number of carbonyl (C=O) groups excluding carboxylic acids is 1. The number of halogens is 1. The number of ether oxygens (including phenoxy) is 1. The lowest BCUT2D eigenvalue weighted by atomic mass is 10.2. The Balaban J connectivity index is 1.32. The molecule has 4 rings (SSSR count). The van der Waals surface area contributed by atoms with E-state index in [0.717, 1.165) is 43.2 Å². The molecule has 1 saturated heterocycles. The molecule has 1 aliphatic rings. The normalized spacial score (nSPS) is 14.0. The molecule has 1 aromatic heterocycles. The van der Waals surface area contributed by atoms with E-state index in [1.54, 1.807) is 16.7 Å². The maximum Gasteiger partial charge on any atom is 0.234 e. The molecule has 0 atom stereocenters. The second kappa shape index (κ2) is 9.27. The van der Waals surface area contributed by atoms with Gasteiger partial charge in [-0.1, -0.05) is 11.8 Å². The van der Waals surface area contributed by atoms with Crippen molar-refractivity contribution in [3.8, 4) is 11.4 Å². The number of amides is 1. The molecule has 2 aromatic carbocycles. The smallest absolute Gasteiger partial charge is 0.234 e. The number of rotatable bonds is 6. The van der Waals surface area contributed by atoms with Crippen LogP contribution in [0.2, 0.25) is 0 Å². The predicted molar refractivity (Wildman–Crippen MR) is 115 cm³/mol. The first-order chi connectivity index (χ1) is 14.6. The molecule has 2 heterocycles. The fourth-order valence-electron chi connectivity index (χ4n) is 3.20. The molecule has 7 nitrogen and oxygen atoms in total. The first kappa shape index (κ1) is 20.4. The molecule has 30 heavy (non-hydrogen) atoms. The van der Waals surface area contributed by atoms with Gasteiger partial charge < -0.3 is 19.5 Å². The molecular formula is C21H22FN5O2S. The van der Waals surface area contributed by atoms with E-state index in [1.807, 2.05) is 31.3 Å². The third-order valence-corrected chi connectivity index (χ3v) is 5.82. The van der Waals surface area contributed by atoms with Gasteiger partial charge in [0.1, 0.15) is 5.82 Å². The molecule has 0 spiro atoms. The summed E-state index contributed by atoms with van der Waals surface area (Å²) in [6.07, 6.45) is 0. The van der Waals surface area contributed by atoms with Gasteiger partial charge >= 0.3 is 0 Å². The summed E-state index contributed by atoms with van der Waals surface area (Å²) in [7, 11) is 1.82. The first-order valence-electron chi connectivity index (χ1n) is 9.61. The lowest BCUT2D eigenvalue weighted by Gasteiger charge is -2.28. The molecule has 3 aromatic rings. The van der Waals surface area contributed by atoms with Crippen molar-refractivity contribution in [2.75, 3.05) is 42.3 Å².